The van der Waals surface area contributed by atoms with Gasteiger partial charge in [0.05, 0.1) is 13.2 Å². The third-order valence-electron chi connectivity index (χ3n) is 1.76. The van der Waals surface area contributed by atoms with Crippen LogP contribution in [0.25, 0.3) is 0 Å². The lowest BCUT2D eigenvalue weighted by molar-refractivity contribution is 0.114. The van der Waals surface area contributed by atoms with Gasteiger partial charge in [-0.2, -0.15) is 0 Å². The SMILES string of the molecule is CCCN(CCOC)CCOC. The maximum atomic E-state index is 5.02. The molecule has 0 unspecified atom stereocenters. The van der Waals surface area contributed by atoms with Crippen molar-refractivity contribution in [1.82, 2.24) is 4.90 Å². The van der Waals surface area contributed by atoms with Gasteiger partial charge in [0.15, 0.2) is 0 Å². The maximum Gasteiger partial charge on any atom is 0.0589 e. The van der Waals surface area contributed by atoms with Crippen molar-refractivity contribution in [2.24, 2.45) is 0 Å². The van der Waals surface area contributed by atoms with Crippen LogP contribution in [0.3, 0.4) is 0 Å². The lowest BCUT2D eigenvalue weighted by atomic mass is 10.4. The summed E-state index contributed by atoms with van der Waals surface area (Å²) < 4.78 is 10.0. The first-order valence-electron chi connectivity index (χ1n) is 4.55. The molecule has 0 aliphatic heterocycles. The third kappa shape index (κ3) is 6.58. The molecule has 0 amide bonds. The van der Waals surface area contributed by atoms with Gasteiger partial charge in [0.25, 0.3) is 0 Å². The van der Waals surface area contributed by atoms with Crippen LogP contribution in [-0.2, 0) is 9.47 Å². The van der Waals surface area contributed by atoms with Crippen molar-refractivity contribution in [3.63, 3.8) is 0 Å². The molecule has 0 saturated carbocycles. The van der Waals surface area contributed by atoms with Crippen molar-refractivity contribution in [1.29, 1.82) is 0 Å². The van der Waals surface area contributed by atoms with Crippen LogP contribution in [0.4, 0.5) is 0 Å². The van der Waals surface area contributed by atoms with Crippen LogP contribution < -0.4 is 0 Å². The number of methoxy groups -OCH3 is 2. The second-order valence-electron chi connectivity index (χ2n) is 2.83. The van der Waals surface area contributed by atoms with E-state index < -0.39 is 0 Å². The van der Waals surface area contributed by atoms with Crippen molar-refractivity contribution >= 4 is 0 Å². The molecule has 0 aliphatic rings. The van der Waals surface area contributed by atoms with E-state index in [2.05, 4.69) is 11.8 Å². The molecule has 0 aromatic heterocycles. The zero-order chi connectivity index (χ0) is 9.23. The van der Waals surface area contributed by atoms with E-state index in [-0.39, 0.29) is 0 Å². The van der Waals surface area contributed by atoms with Crippen molar-refractivity contribution in [3.8, 4) is 0 Å². The average Bonchev–Trinajstić information content (AvgIpc) is 2.10. The van der Waals surface area contributed by atoms with Gasteiger partial charge in [-0.1, -0.05) is 6.92 Å². The van der Waals surface area contributed by atoms with Crippen molar-refractivity contribution in [2.75, 3.05) is 47.1 Å². The fourth-order valence-corrected chi connectivity index (χ4v) is 1.09. The molecule has 74 valence electrons. The fourth-order valence-electron chi connectivity index (χ4n) is 1.09. The topological polar surface area (TPSA) is 21.7 Å². The molecule has 0 bridgehead atoms. The van der Waals surface area contributed by atoms with E-state index in [9.17, 15) is 0 Å². The molecule has 0 radical (unpaired) electrons. The van der Waals surface area contributed by atoms with Gasteiger partial charge in [0.2, 0.25) is 0 Å². The summed E-state index contributed by atoms with van der Waals surface area (Å²) in [6.45, 7) is 6.95. The summed E-state index contributed by atoms with van der Waals surface area (Å²) in [7, 11) is 3.47. The van der Waals surface area contributed by atoms with Gasteiger partial charge in [-0.15, -0.1) is 0 Å². The first-order valence-corrected chi connectivity index (χ1v) is 4.55. The average molecular weight is 175 g/mol. The van der Waals surface area contributed by atoms with E-state index in [4.69, 9.17) is 9.47 Å². The zero-order valence-electron chi connectivity index (χ0n) is 8.51. The molecule has 0 fully saturated rings. The van der Waals surface area contributed by atoms with Gasteiger partial charge in [-0.05, 0) is 13.0 Å². The summed E-state index contributed by atoms with van der Waals surface area (Å²) in [4.78, 5) is 2.35. The molecule has 0 atom stereocenters. The predicted molar refractivity (Wildman–Crippen MR) is 50.5 cm³/mol. The summed E-state index contributed by atoms with van der Waals surface area (Å²) >= 11 is 0. The lowest BCUT2D eigenvalue weighted by Crippen LogP contribution is -2.31. The molecule has 12 heavy (non-hydrogen) atoms. The first kappa shape index (κ1) is 11.9. The molecule has 0 aromatic rings. The van der Waals surface area contributed by atoms with Crippen LogP contribution in [0, 0.1) is 0 Å². The Kier molecular flexibility index (Phi) is 8.88. The Morgan fingerprint density at radius 1 is 0.917 bits per heavy atom. The Morgan fingerprint density at radius 3 is 1.75 bits per heavy atom. The fraction of sp³-hybridized carbons (Fsp3) is 1.00. The summed E-state index contributed by atoms with van der Waals surface area (Å²) in [5.74, 6) is 0. The van der Waals surface area contributed by atoms with Crippen molar-refractivity contribution in [3.05, 3.63) is 0 Å². The second kappa shape index (κ2) is 8.97. The predicted octanol–water partition coefficient (Wildman–Crippen LogP) is 0.991. The summed E-state index contributed by atoms with van der Waals surface area (Å²) in [5.41, 5.74) is 0. The van der Waals surface area contributed by atoms with Gasteiger partial charge < -0.3 is 9.47 Å². The van der Waals surface area contributed by atoms with E-state index in [1.807, 2.05) is 0 Å². The highest BCUT2D eigenvalue weighted by Gasteiger charge is 2.01. The smallest absolute Gasteiger partial charge is 0.0589 e. The quantitative estimate of drug-likeness (QED) is 0.549. The summed E-state index contributed by atoms with van der Waals surface area (Å²) in [5, 5.41) is 0. The Hall–Kier alpha value is -0.120. The lowest BCUT2D eigenvalue weighted by Gasteiger charge is -2.20. The van der Waals surface area contributed by atoms with Gasteiger partial charge in [-0.3, -0.25) is 4.90 Å². The van der Waals surface area contributed by atoms with Gasteiger partial charge >= 0.3 is 0 Å². The second-order valence-corrected chi connectivity index (χ2v) is 2.83. The molecule has 0 rings (SSSR count). The Labute approximate surface area is 75.6 Å². The first-order chi connectivity index (χ1) is 5.85. The highest BCUT2D eigenvalue weighted by Crippen LogP contribution is 1.91. The van der Waals surface area contributed by atoms with Gasteiger partial charge in [0, 0.05) is 27.3 Å². The van der Waals surface area contributed by atoms with Gasteiger partial charge in [0.1, 0.15) is 0 Å². The van der Waals surface area contributed by atoms with Crippen LogP contribution in [0.15, 0.2) is 0 Å². The Bertz CT molecular complexity index is 80.6. The minimum absolute atomic E-state index is 0.809. The third-order valence-corrected chi connectivity index (χ3v) is 1.76. The Morgan fingerprint density at radius 2 is 1.42 bits per heavy atom. The molecule has 3 nitrogen and oxygen atoms in total. The monoisotopic (exact) mass is 175 g/mol. The van der Waals surface area contributed by atoms with E-state index in [0.29, 0.717) is 0 Å². The van der Waals surface area contributed by atoms with Gasteiger partial charge in [-0.25, -0.2) is 0 Å². The van der Waals surface area contributed by atoms with Crippen LogP contribution in [0.5, 0.6) is 0 Å². The van der Waals surface area contributed by atoms with E-state index >= 15 is 0 Å². The summed E-state index contributed by atoms with van der Waals surface area (Å²) in [6.07, 6.45) is 1.19. The van der Waals surface area contributed by atoms with E-state index in [1.165, 1.54) is 6.42 Å². The molecular weight excluding hydrogens is 154 g/mol. The van der Waals surface area contributed by atoms with Crippen LogP contribution in [-0.4, -0.2) is 52.0 Å². The summed E-state index contributed by atoms with van der Waals surface area (Å²) in [6, 6.07) is 0. The molecule has 0 aliphatic carbocycles. The molecule has 0 heterocycles. The molecule has 3 heteroatoms. The van der Waals surface area contributed by atoms with E-state index in [1.54, 1.807) is 14.2 Å². The van der Waals surface area contributed by atoms with Crippen molar-refractivity contribution in [2.45, 2.75) is 13.3 Å². The number of hydrogen-bond acceptors (Lipinski definition) is 3. The Balaban J connectivity index is 3.40. The number of ether oxygens (including phenoxy) is 2. The molecule has 0 N–H and O–H groups in total. The minimum Gasteiger partial charge on any atom is -0.383 e. The van der Waals surface area contributed by atoms with E-state index in [0.717, 1.165) is 32.8 Å². The molecular formula is C9H21NO2. The number of nitrogens with zero attached hydrogens (tertiary/aromatic N) is 1. The molecule has 0 saturated heterocycles. The van der Waals surface area contributed by atoms with Crippen LogP contribution in [0.1, 0.15) is 13.3 Å². The molecule has 0 aromatic carbocycles. The van der Waals surface area contributed by atoms with Crippen LogP contribution >= 0.6 is 0 Å². The van der Waals surface area contributed by atoms with Crippen LogP contribution in [0.2, 0.25) is 0 Å². The minimum atomic E-state index is 0.809. The number of rotatable bonds is 8. The highest BCUT2D eigenvalue weighted by atomic mass is 16.5. The number of hydrogen-bond donors (Lipinski definition) is 0. The van der Waals surface area contributed by atoms with Crippen molar-refractivity contribution < 1.29 is 9.47 Å². The largest absolute Gasteiger partial charge is 0.383 e. The maximum absolute atomic E-state index is 5.02. The zero-order valence-corrected chi connectivity index (χ0v) is 8.51. The standard InChI is InChI=1S/C9H21NO2/c1-4-5-10(6-8-11-2)7-9-12-3/h4-9H2,1-3H3. The molecule has 0 spiro atoms. The highest BCUT2D eigenvalue weighted by molar-refractivity contribution is 4.55. The normalized spacial score (nSPS) is 11.0.